The zero-order valence-corrected chi connectivity index (χ0v) is 20.7. The van der Waals surface area contributed by atoms with Crippen molar-refractivity contribution in [3.8, 4) is 0 Å². The second-order valence-corrected chi connectivity index (χ2v) is 12.5. The number of rotatable bonds is 5. The van der Waals surface area contributed by atoms with Crippen LogP contribution in [0.4, 0.5) is 17.1 Å². The molecule has 5 rings (SSSR count). The predicted molar refractivity (Wildman–Crippen MR) is 128 cm³/mol. The first-order valence-corrected chi connectivity index (χ1v) is 14.1. The highest BCUT2D eigenvalue weighted by Crippen LogP contribution is 2.45. The monoisotopic (exact) mass is 546 g/mol. The Morgan fingerprint density at radius 1 is 1.15 bits per heavy atom. The number of carboxylic acids is 1. The summed E-state index contributed by atoms with van der Waals surface area (Å²) < 4.78 is 56.9. The van der Waals surface area contributed by atoms with Crippen LogP contribution in [-0.2, 0) is 31.4 Å². The molecule has 0 fully saturated rings. The van der Waals surface area contributed by atoms with Gasteiger partial charge in [-0.3, -0.25) is 4.72 Å². The molecule has 0 saturated heterocycles. The Labute approximate surface area is 206 Å². The average molecular weight is 547 g/mol. The number of nitrogens with zero attached hydrogens (tertiary/aromatic N) is 2. The molecule has 2 unspecified atom stereocenters. The molecule has 3 aliphatic rings. The molecule has 0 bridgehead atoms. The maximum atomic E-state index is 13.3. The van der Waals surface area contributed by atoms with E-state index in [9.17, 15) is 26.7 Å². The molecule has 0 spiro atoms. The number of para-hydroxylation sites is 1. The third-order valence-corrected chi connectivity index (χ3v) is 10.3. The molecule has 10 nitrogen and oxygen atoms in total. The van der Waals surface area contributed by atoms with Gasteiger partial charge in [-0.2, -0.15) is 12.7 Å². The first-order valence-electron chi connectivity index (χ1n) is 10.4. The van der Waals surface area contributed by atoms with Gasteiger partial charge in [-0.25, -0.2) is 17.5 Å². The van der Waals surface area contributed by atoms with Crippen LogP contribution < -0.4 is 14.3 Å². The molecule has 3 N–H and O–H groups in total. The molecular weight excluding hydrogens is 527 g/mol. The van der Waals surface area contributed by atoms with Gasteiger partial charge in [-0.15, -0.1) is 0 Å². The molecular formula is C20H20Cl2N4O6S2. The van der Waals surface area contributed by atoms with Crippen molar-refractivity contribution in [1.29, 1.82) is 0 Å². The normalized spacial score (nSPS) is 24.0. The highest BCUT2D eigenvalue weighted by atomic mass is 35.5. The van der Waals surface area contributed by atoms with E-state index in [1.54, 1.807) is 12.1 Å². The number of aliphatic carboxylic acids is 1. The number of nitrogens with one attached hydrogen (secondary N) is 2. The molecule has 14 heteroatoms. The van der Waals surface area contributed by atoms with Crippen molar-refractivity contribution < 1.29 is 26.7 Å². The van der Waals surface area contributed by atoms with E-state index in [-0.39, 0.29) is 39.6 Å². The van der Waals surface area contributed by atoms with Crippen LogP contribution >= 0.6 is 23.2 Å². The number of benzene rings is 2. The molecule has 0 aromatic heterocycles. The zero-order valence-electron chi connectivity index (χ0n) is 17.5. The van der Waals surface area contributed by atoms with Crippen LogP contribution in [0.25, 0.3) is 0 Å². The number of fused-ring (bicyclic) bond motifs is 1. The second-order valence-electron chi connectivity index (χ2n) is 8.32. The number of hydrogen-bond donors (Lipinski definition) is 3. The lowest BCUT2D eigenvalue weighted by molar-refractivity contribution is -0.140. The molecule has 0 aliphatic carbocycles. The topological polar surface area (TPSA) is 136 Å². The molecule has 34 heavy (non-hydrogen) atoms. The van der Waals surface area contributed by atoms with Gasteiger partial charge in [0.2, 0.25) is 10.0 Å². The molecule has 182 valence electrons. The quantitative estimate of drug-likeness (QED) is 0.524. The van der Waals surface area contributed by atoms with Crippen molar-refractivity contribution in [3.63, 3.8) is 0 Å². The van der Waals surface area contributed by atoms with Crippen molar-refractivity contribution in [1.82, 2.24) is 4.31 Å². The van der Waals surface area contributed by atoms with Crippen LogP contribution in [-0.4, -0.2) is 51.0 Å². The summed E-state index contributed by atoms with van der Waals surface area (Å²) in [5.74, 6) is -1.38. The summed E-state index contributed by atoms with van der Waals surface area (Å²) >= 11 is 12.1. The Bertz CT molecular complexity index is 1420. The maximum absolute atomic E-state index is 13.3. The number of carboxylic acid groups (broad SMARTS) is 1. The smallest absolute Gasteiger partial charge is 0.342 e. The lowest BCUT2D eigenvalue weighted by Crippen LogP contribution is -2.53. The summed E-state index contributed by atoms with van der Waals surface area (Å²) in [7, 11) is -8.01. The highest BCUT2D eigenvalue weighted by molar-refractivity contribution is 7.94. The molecule has 3 aliphatic heterocycles. The first-order chi connectivity index (χ1) is 16.0. The van der Waals surface area contributed by atoms with Gasteiger partial charge in [-0.1, -0.05) is 35.3 Å². The third kappa shape index (κ3) is 3.68. The Kier molecular flexibility index (Phi) is 5.64. The van der Waals surface area contributed by atoms with E-state index in [0.29, 0.717) is 30.6 Å². The van der Waals surface area contributed by atoms with Crippen LogP contribution in [0, 0.1) is 0 Å². The van der Waals surface area contributed by atoms with Crippen molar-refractivity contribution in [2.24, 2.45) is 0 Å². The summed E-state index contributed by atoms with van der Waals surface area (Å²) in [5, 5.41) is 12.4. The van der Waals surface area contributed by atoms with Crippen molar-refractivity contribution in [2.45, 2.75) is 42.8 Å². The fourth-order valence-electron chi connectivity index (χ4n) is 4.85. The SMILES string of the molecule is O=C(O)C1Nc2cc(Cl)cc(Cl)c2S(=O)(=O)N1CCCC1CCc2cccc3c2N1S(=O)(=O)N3. The summed E-state index contributed by atoms with van der Waals surface area (Å²) in [5.41, 5.74) is 2.11. The first kappa shape index (κ1) is 23.5. The minimum atomic E-state index is -4.25. The number of sulfonamides is 1. The number of anilines is 3. The highest BCUT2D eigenvalue weighted by Gasteiger charge is 2.44. The lowest BCUT2D eigenvalue weighted by atomic mass is 9.94. The summed E-state index contributed by atoms with van der Waals surface area (Å²) in [6.45, 7) is -0.142. The van der Waals surface area contributed by atoms with Crippen LogP contribution in [0.5, 0.6) is 0 Å². The summed E-state index contributed by atoms with van der Waals surface area (Å²) in [6.07, 6.45) is 0.279. The van der Waals surface area contributed by atoms with Gasteiger partial charge < -0.3 is 10.4 Å². The van der Waals surface area contributed by atoms with Gasteiger partial charge in [-0.05, 0) is 49.4 Å². The van der Waals surface area contributed by atoms with E-state index >= 15 is 0 Å². The number of aryl methyl sites for hydroxylation is 1. The molecule has 2 aromatic carbocycles. The molecule has 3 heterocycles. The standard InChI is InChI=1S/C20H20Cl2N4O6S2/c21-12-9-14(22)18-16(10-12)23-19(20(27)28)25(33(18,29)30)8-2-4-13-7-6-11-3-1-5-15-17(11)26(13)34(31,32)24-15/h1,3,5,9-10,13,19,23-24H,2,4,6-8H2,(H,27,28). The minimum Gasteiger partial charge on any atom is -0.479 e. The van der Waals surface area contributed by atoms with Gasteiger partial charge in [0.25, 0.3) is 0 Å². The van der Waals surface area contributed by atoms with E-state index in [1.165, 1.54) is 16.4 Å². The Morgan fingerprint density at radius 3 is 2.65 bits per heavy atom. The number of hydrogen-bond acceptors (Lipinski definition) is 6. The third-order valence-electron chi connectivity index (χ3n) is 6.22. The molecule has 2 atom stereocenters. The number of halogens is 2. The van der Waals surface area contributed by atoms with Crippen LogP contribution in [0.3, 0.4) is 0 Å². The molecule has 0 saturated carbocycles. The largest absolute Gasteiger partial charge is 0.479 e. The maximum Gasteiger partial charge on any atom is 0.342 e. The van der Waals surface area contributed by atoms with Crippen LogP contribution in [0.1, 0.15) is 24.8 Å². The van der Waals surface area contributed by atoms with Crippen molar-refractivity contribution >= 4 is 66.5 Å². The summed E-state index contributed by atoms with van der Waals surface area (Å²) in [4.78, 5) is 11.7. The van der Waals surface area contributed by atoms with E-state index < -0.39 is 32.4 Å². The Hall–Kier alpha value is -2.25. The van der Waals surface area contributed by atoms with Gasteiger partial charge in [0.1, 0.15) is 4.90 Å². The lowest BCUT2D eigenvalue weighted by Gasteiger charge is -2.36. The van der Waals surface area contributed by atoms with E-state index in [4.69, 9.17) is 23.2 Å². The zero-order chi connectivity index (χ0) is 24.4. The number of carbonyl (C=O) groups is 1. The second kappa shape index (κ2) is 8.16. The average Bonchev–Trinajstić information content (AvgIpc) is 3.01. The molecule has 0 radical (unpaired) electrons. The van der Waals surface area contributed by atoms with Gasteiger partial charge in [0.15, 0.2) is 6.17 Å². The fourth-order valence-corrected chi connectivity index (χ4v) is 8.96. The van der Waals surface area contributed by atoms with Crippen LogP contribution in [0.2, 0.25) is 10.0 Å². The molecule has 0 amide bonds. The molecule has 2 aromatic rings. The van der Waals surface area contributed by atoms with Gasteiger partial charge in [0.05, 0.1) is 22.1 Å². The minimum absolute atomic E-state index is 0.0202. The van der Waals surface area contributed by atoms with E-state index in [1.807, 2.05) is 6.07 Å². The van der Waals surface area contributed by atoms with Gasteiger partial charge in [0, 0.05) is 17.6 Å². The van der Waals surface area contributed by atoms with E-state index in [2.05, 4.69) is 10.0 Å². The van der Waals surface area contributed by atoms with E-state index in [0.717, 1.165) is 9.87 Å². The van der Waals surface area contributed by atoms with Gasteiger partial charge >= 0.3 is 16.2 Å². The Balaban J connectivity index is 1.39. The summed E-state index contributed by atoms with van der Waals surface area (Å²) in [6, 6.07) is 7.61. The van der Waals surface area contributed by atoms with Crippen molar-refractivity contribution in [3.05, 3.63) is 45.9 Å². The van der Waals surface area contributed by atoms with Crippen molar-refractivity contribution in [2.75, 3.05) is 20.9 Å². The fraction of sp³-hybridized carbons (Fsp3) is 0.350. The van der Waals surface area contributed by atoms with Crippen LogP contribution in [0.15, 0.2) is 35.2 Å². The Morgan fingerprint density at radius 2 is 1.91 bits per heavy atom. The predicted octanol–water partition coefficient (Wildman–Crippen LogP) is 3.09.